The van der Waals surface area contributed by atoms with E-state index >= 15 is 0 Å². The molecule has 2 aliphatic heterocycles. The molecule has 1 spiro atoms. The van der Waals surface area contributed by atoms with Gasteiger partial charge in [-0.2, -0.15) is 0 Å². The minimum absolute atomic E-state index is 0.204. The Morgan fingerprint density at radius 2 is 1.91 bits per heavy atom. The Bertz CT molecular complexity index is 1240. The maximum atomic E-state index is 13.1. The third kappa shape index (κ3) is 4.23. The molecule has 0 atom stereocenters. The number of nitrogens with zero attached hydrogens (tertiary/aromatic N) is 5. The zero-order valence-electron chi connectivity index (χ0n) is 18.6. The second-order valence-electron chi connectivity index (χ2n) is 8.77. The third-order valence-electron chi connectivity index (χ3n) is 6.58. The van der Waals surface area contributed by atoms with Crippen LogP contribution in [-0.2, 0) is 11.8 Å². The lowest BCUT2D eigenvalue weighted by molar-refractivity contribution is 0.133. The number of halogens is 2. The Morgan fingerprint density at radius 1 is 1.12 bits per heavy atom. The second-order valence-corrected chi connectivity index (χ2v) is 9.52. The summed E-state index contributed by atoms with van der Waals surface area (Å²) in [6.07, 6.45) is 4.99. The van der Waals surface area contributed by atoms with Crippen LogP contribution in [0.2, 0.25) is 10.0 Å². The molecule has 0 bridgehead atoms. The molecule has 0 amide bonds. The molecule has 2 saturated heterocycles. The lowest BCUT2D eigenvalue weighted by atomic mass is 9.78. The van der Waals surface area contributed by atoms with Crippen molar-refractivity contribution in [3.63, 3.8) is 0 Å². The van der Waals surface area contributed by atoms with E-state index in [0.29, 0.717) is 34.4 Å². The summed E-state index contributed by atoms with van der Waals surface area (Å²) in [4.78, 5) is 20.0. The lowest BCUT2D eigenvalue weighted by Crippen LogP contribution is -2.41. The van der Waals surface area contributed by atoms with Crippen molar-refractivity contribution in [1.29, 1.82) is 0 Å². The molecule has 10 heteroatoms. The molecule has 0 radical (unpaired) electrons. The first-order chi connectivity index (χ1) is 15.8. The number of ether oxygens (including phenoxy) is 2. The summed E-state index contributed by atoms with van der Waals surface area (Å²) in [6, 6.07) is 6.66. The number of anilines is 1. The van der Waals surface area contributed by atoms with Crippen LogP contribution in [0.3, 0.4) is 0 Å². The fourth-order valence-corrected chi connectivity index (χ4v) is 5.06. The normalized spacial score (nSPS) is 17.6. The van der Waals surface area contributed by atoms with Crippen LogP contribution in [0.4, 0.5) is 5.82 Å². The first-order valence-corrected chi connectivity index (χ1v) is 11.7. The molecular weight excluding hydrogens is 465 g/mol. The van der Waals surface area contributed by atoms with Crippen molar-refractivity contribution in [3.05, 3.63) is 56.7 Å². The summed E-state index contributed by atoms with van der Waals surface area (Å²) in [6.45, 7) is 5.22. The Hall–Kier alpha value is -2.55. The van der Waals surface area contributed by atoms with Gasteiger partial charge in [-0.15, -0.1) is 5.10 Å². The Labute approximate surface area is 201 Å². The van der Waals surface area contributed by atoms with Crippen molar-refractivity contribution in [3.8, 4) is 17.3 Å². The first-order valence-electron chi connectivity index (χ1n) is 10.9. The molecule has 0 saturated carbocycles. The first kappa shape index (κ1) is 22.3. The molecule has 4 heterocycles. The van der Waals surface area contributed by atoms with Gasteiger partial charge in [0.25, 0.3) is 5.56 Å². The molecular formula is C23H25Cl2N5O3. The molecule has 1 aromatic carbocycles. The van der Waals surface area contributed by atoms with Crippen LogP contribution in [0.1, 0.15) is 25.1 Å². The van der Waals surface area contributed by atoms with E-state index in [-0.39, 0.29) is 15.6 Å². The van der Waals surface area contributed by atoms with Gasteiger partial charge in [0.2, 0.25) is 5.88 Å². The van der Waals surface area contributed by atoms with Gasteiger partial charge in [0.1, 0.15) is 22.4 Å². The van der Waals surface area contributed by atoms with E-state index in [0.717, 1.165) is 45.6 Å². The molecule has 2 aromatic heterocycles. The fourth-order valence-electron chi connectivity index (χ4n) is 4.63. The Morgan fingerprint density at radius 3 is 2.55 bits per heavy atom. The number of hydrogen-bond acceptors (Lipinski definition) is 6. The minimum Gasteiger partial charge on any atom is -0.436 e. The number of piperidine rings is 1. The van der Waals surface area contributed by atoms with Crippen molar-refractivity contribution < 1.29 is 9.47 Å². The van der Waals surface area contributed by atoms with Gasteiger partial charge in [0.15, 0.2) is 0 Å². The summed E-state index contributed by atoms with van der Waals surface area (Å²) in [5.74, 6) is 1.99. The van der Waals surface area contributed by atoms with E-state index in [4.69, 9.17) is 37.7 Å². The smallest absolute Gasteiger partial charge is 0.260 e. The average molecular weight is 490 g/mol. The number of benzene rings is 1. The molecule has 0 N–H and O–H groups in total. The van der Waals surface area contributed by atoms with Crippen molar-refractivity contribution in [2.45, 2.75) is 26.2 Å². The van der Waals surface area contributed by atoms with Gasteiger partial charge in [-0.3, -0.25) is 14.0 Å². The maximum Gasteiger partial charge on any atom is 0.260 e. The molecule has 8 nitrogen and oxygen atoms in total. The van der Waals surface area contributed by atoms with Crippen molar-refractivity contribution in [1.82, 2.24) is 19.3 Å². The van der Waals surface area contributed by atoms with E-state index in [1.54, 1.807) is 49.1 Å². The standard InChI is InChI=1S/C23H25Cl2N5O3/c1-15-26-18(29-10-6-23(7-11-29)8-12-32-14-23)13-20(31)30(15)16-3-4-17(22(25)21(16)24)33-19-5-9-28(2)27-19/h3-5,9,13H,6-8,10-12,14H2,1-2H3. The van der Waals surface area contributed by atoms with Crippen LogP contribution in [0.25, 0.3) is 5.69 Å². The van der Waals surface area contributed by atoms with Gasteiger partial charge >= 0.3 is 0 Å². The Kier molecular flexibility index (Phi) is 5.84. The van der Waals surface area contributed by atoms with Gasteiger partial charge in [-0.05, 0) is 43.7 Å². The highest BCUT2D eigenvalue weighted by Crippen LogP contribution is 2.40. The van der Waals surface area contributed by atoms with E-state index in [1.165, 1.54) is 4.57 Å². The van der Waals surface area contributed by atoms with E-state index < -0.39 is 0 Å². The number of aryl methyl sites for hydroxylation is 2. The summed E-state index contributed by atoms with van der Waals surface area (Å²) < 4.78 is 14.4. The predicted molar refractivity (Wildman–Crippen MR) is 127 cm³/mol. The van der Waals surface area contributed by atoms with E-state index in [2.05, 4.69) is 10.00 Å². The van der Waals surface area contributed by atoms with Crippen LogP contribution in [0.5, 0.6) is 11.6 Å². The topological polar surface area (TPSA) is 74.4 Å². The van der Waals surface area contributed by atoms with Crippen LogP contribution in [0.15, 0.2) is 35.3 Å². The van der Waals surface area contributed by atoms with Crippen LogP contribution in [-0.4, -0.2) is 45.6 Å². The van der Waals surface area contributed by atoms with Crippen LogP contribution < -0.4 is 15.2 Å². The van der Waals surface area contributed by atoms with E-state index in [9.17, 15) is 4.79 Å². The predicted octanol–water partition coefficient (Wildman–Crippen LogP) is 4.38. The van der Waals surface area contributed by atoms with Gasteiger partial charge in [0.05, 0.1) is 17.3 Å². The van der Waals surface area contributed by atoms with Crippen molar-refractivity contribution >= 4 is 29.0 Å². The molecule has 0 aliphatic carbocycles. The van der Waals surface area contributed by atoms with Crippen molar-refractivity contribution in [2.24, 2.45) is 12.5 Å². The largest absolute Gasteiger partial charge is 0.436 e. The minimum atomic E-state index is -0.210. The quantitative estimate of drug-likeness (QED) is 0.541. The van der Waals surface area contributed by atoms with Gasteiger partial charge in [-0.1, -0.05) is 23.2 Å². The summed E-state index contributed by atoms with van der Waals surface area (Å²) in [5, 5.41) is 4.60. The molecule has 0 unspecified atom stereocenters. The Balaban J connectivity index is 1.40. The number of aromatic nitrogens is 4. The third-order valence-corrected chi connectivity index (χ3v) is 7.43. The maximum absolute atomic E-state index is 13.1. The molecule has 174 valence electrons. The highest BCUT2D eigenvalue weighted by molar-refractivity contribution is 6.44. The molecule has 5 rings (SSSR count). The molecule has 2 aliphatic rings. The van der Waals surface area contributed by atoms with Gasteiger partial charge in [0, 0.05) is 45.1 Å². The monoisotopic (exact) mass is 489 g/mol. The number of rotatable bonds is 4. The fraction of sp³-hybridized carbons (Fsp3) is 0.435. The molecule has 2 fully saturated rings. The highest BCUT2D eigenvalue weighted by Gasteiger charge is 2.38. The van der Waals surface area contributed by atoms with Crippen LogP contribution >= 0.6 is 23.2 Å². The molecule has 3 aromatic rings. The van der Waals surface area contributed by atoms with Gasteiger partial charge in [-0.25, -0.2) is 4.98 Å². The lowest BCUT2D eigenvalue weighted by Gasteiger charge is -2.38. The highest BCUT2D eigenvalue weighted by atomic mass is 35.5. The summed E-state index contributed by atoms with van der Waals surface area (Å²) >= 11 is 13.0. The summed E-state index contributed by atoms with van der Waals surface area (Å²) in [7, 11) is 1.79. The molecule has 33 heavy (non-hydrogen) atoms. The number of hydrogen-bond donors (Lipinski definition) is 0. The zero-order chi connectivity index (χ0) is 23.2. The van der Waals surface area contributed by atoms with Crippen molar-refractivity contribution in [2.75, 3.05) is 31.2 Å². The average Bonchev–Trinajstić information content (AvgIpc) is 3.42. The summed E-state index contributed by atoms with van der Waals surface area (Å²) in [5.41, 5.74) is 0.541. The van der Waals surface area contributed by atoms with Crippen LogP contribution in [0, 0.1) is 12.3 Å². The van der Waals surface area contributed by atoms with Gasteiger partial charge < -0.3 is 14.4 Å². The SMILES string of the molecule is Cc1nc(N2CCC3(CCOC3)CC2)cc(=O)n1-c1ccc(Oc2ccn(C)n2)c(Cl)c1Cl. The second kappa shape index (κ2) is 8.66. The van der Waals surface area contributed by atoms with E-state index in [1.807, 2.05) is 0 Å². The zero-order valence-corrected chi connectivity index (χ0v) is 20.1.